The Balaban J connectivity index is 1.79. The number of halogens is 1. The molecule has 1 heterocycles. The third-order valence-electron chi connectivity index (χ3n) is 5.55. The molecule has 0 fully saturated rings. The highest BCUT2D eigenvalue weighted by molar-refractivity contribution is 6.01. The van der Waals surface area contributed by atoms with Gasteiger partial charge in [0.05, 0.1) is 18.0 Å². The Morgan fingerprint density at radius 2 is 1.76 bits per heavy atom. The van der Waals surface area contributed by atoms with Gasteiger partial charge in [-0.05, 0) is 59.9 Å². The number of rotatable bonds is 10. The Morgan fingerprint density at radius 3 is 2.49 bits per heavy atom. The van der Waals surface area contributed by atoms with Crippen molar-refractivity contribution in [2.45, 2.75) is 33.1 Å². The molecule has 0 spiro atoms. The second-order valence-corrected chi connectivity index (χ2v) is 8.28. The fourth-order valence-corrected chi connectivity index (χ4v) is 3.88. The van der Waals surface area contributed by atoms with Crippen LogP contribution in [0.4, 0.5) is 20.6 Å². The van der Waals surface area contributed by atoms with Crippen molar-refractivity contribution in [3.05, 3.63) is 84.2 Å². The molecule has 3 aromatic carbocycles. The van der Waals surface area contributed by atoms with Gasteiger partial charge in [0.1, 0.15) is 11.6 Å². The van der Waals surface area contributed by atoms with Crippen molar-refractivity contribution in [1.82, 2.24) is 20.6 Å². The predicted molar refractivity (Wildman–Crippen MR) is 143 cm³/mol. The molecule has 37 heavy (non-hydrogen) atoms. The zero-order valence-corrected chi connectivity index (χ0v) is 20.8. The summed E-state index contributed by atoms with van der Waals surface area (Å²) in [5, 5.41) is 19.9. The smallest absolute Gasteiger partial charge is 0.323 e. The number of aromatic amines is 1. The summed E-state index contributed by atoms with van der Waals surface area (Å²) in [6.45, 7) is 4.57. The average Bonchev–Trinajstić information content (AvgIpc) is 3.44. The third-order valence-corrected chi connectivity index (χ3v) is 5.55. The van der Waals surface area contributed by atoms with E-state index >= 15 is 0 Å². The van der Waals surface area contributed by atoms with Crippen molar-refractivity contribution < 1.29 is 13.9 Å². The van der Waals surface area contributed by atoms with Crippen LogP contribution < -0.4 is 15.4 Å². The van der Waals surface area contributed by atoms with Gasteiger partial charge in [-0.25, -0.2) is 9.18 Å². The van der Waals surface area contributed by atoms with E-state index in [2.05, 4.69) is 50.3 Å². The van der Waals surface area contributed by atoms with Crippen LogP contribution in [0.1, 0.15) is 32.3 Å². The van der Waals surface area contributed by atoms with Crippen LogP contribution in [0.2, 0.25) is 0 Å². The van der Waals surface area contributed by atoms with Crippen molar-refractivity contribution in [2.24, 2.45) is 0 Å². The van der Waals surface area contributed by atoms with Crippen LogP contribution >= 0.6 is 0 Å². The number of nitrogens with one attached hydrogen (secondary N) is 3. The number of ether oxygens (including phenoxy) is 1. The summed E-state index contributed by atoms with van der Waals surface area (Å²) in [5.74, 6) is 0.515. The molecule has 9 heteroatoms. The Morgan fingerprint density at radius 1 is 1.00 bits per heavy atom. The zero-order chi connectivity index (χ0) is 26.0. The minimum absolute atomic E-state index is 0.0840. The van der Waals surface area contributed by atoms with E-state index in [-0.39, 0.29) is 5.69 Å². The summed E-state index contributed by atoms with van der Waals surface area (Å²) >= 11 is 0. The number of urea groups is 1. The van der Waals surface area contributed by atoms with E-state index < -0.39 is 11.8 Å². The molecule has 0 saturated heterocycles. The molecule has 0 radical (unpaired) electrons. The molecule has 0 aliphatic carbocycles. The SMILES string of the molecule is CC/C=C/Cc1cc(-c2ccccc2-c2nn[nH]n2)cc(NC(=O)Nc2ccccc2F)c1OCCC. The molecule has 2 amide bonds. The van der Waals surface area contributed by atoms with Gasteiger partial charge in [-0.3, -0.25) is 0 Å². The summed E-state index contributed by atoms with van der Waals surface area (Å²) < 4.78 is 20.3. The number of benzene rings is 3. The topological polar surface area (TPSA) is 105 Å². The van der Waals surface area contributed by atoms with E-state index in [1.807, 2.05) is 43.3 Å². The van der Waals surface area contributed by atoms with Gasteiger partial charge in [0.2, 0.25) is 5.82 Å². The lowest BCUT2D eigenvalue weighted by Crippen LogP contribution is -2.21. The zero-order valence-electron chi connectivity index (χ0n) is 20.8. The molecule has 0 bridgehead atoms. The van der Waals surface area contributed by atoms with Crippen LogP contribution in [0.5, 0.6) is 5.75 Å². The van der Waals surface area contributed by atoms with E-state index in [1.54, 1.807) is 12.1 Å². The number of amides is 2. The van der Waals surface area contributed by atoms with Gasteiger partial charge in [-0.1, -0.05) is 62.4 Å². The maximum absolute atomic E-state index is 14.1. The standard InChI is InChI=1S/C28H29FN6O2/c1-3-5-6-11-19-17-20(21-12-7-8-13-22(21)27-32-34-35-33-27)18-25(26(19)37-16-4-2)31-28(36)30-24-15-10-9-14-23(24)29/h5-10,12-15,17-18H,3-4,11,16H2,1-2H3,(H2,30,31,36)(H,32,33,34,35)/b6-5+. The molecule has 0 atom stereocenters. The minimum atomic E-state index is -0.579. The highest BCUT2D eigenvalue weighted by Crippen LogP contribution is 2.38. The van der Waals surface area contributed by atoms with Crippen molar-refractivity contribution in [3.8, 4) is 28.3 Å². The number of anilines is 2. The summed E-state index contributed by atoms with van der Waals surface area (Å²) in [7, 11) is 0. The second kappa shape index (κ2) is 12.4. The Hall–Kier alpha value is -4.53. The number of H-pyrrole nitrogens is 1. The normalized spacial score (nSPS) is 11.0. The summed E-state index contributed by atoms with van der Waals surface area (Å²) in [4.78, 5) is 12.9. The average molecular weight is 501 g/mol. The number of para-hydroxylation sites is 1. The fourth-order valence-electron chi connectivity index (χ4n) is 3.88. The van der Waals surface area contributed by atoms with Gasteiger partial charge in [-0.15, -0.1) is 10.2 Å². The van der Waals surface area contributed by atoms with Crippen molar-refractivity contribution in [2.75, 3.05) is 17.2 Å². The fraction of sp³-hybridized carbons (Fsp3) is 0.214. The molecule has 0 aliphatic rings. The van der Waals surface area contributed by atoms with Gasteiger partial charge in [0, 0.05) is 11.1 Å². The number of nitrogens with zero attached hydrogens (tertiary/aromatic N) is 3. The van der Waals surface area contributed by atoms with Crippen molar-refractivity contribution >= 4 is 17.4 Å². The Labute approximate surface area is 215 Å². The maximum Gasteiger partial charge on any atom is 0.323 e. The number of aromatic nitrogens is 4. The third kappa shape index (κ3) is 6.38. The molecule has 1 aromatic heterocycles. The number of carbonyl (C=O) groups excluding carboxylic acids is 1. The first kappa shape index (κ1) is 25.6. The van der Waals surface area contributed by atoms with Crippen LogP contribution in [0, 0.1) is 5.82 Å². The molecule has 8 nitrogen and oxygen atoms in total. The molecular formula is C28H29FN6O2. The first-order valence-corrected chi connectivity index (χ1v) is 12.2. The monoisotopic (exact) mass is 500 g/mol. The molecule has 0 aliphatic heterocycles. The molecular weight excluding hydrogens is 471 g/mol. The number of hydrogen-bond acceptors (Lipinski definition) is 5. The van der Waals surface area contributed by atoms with E-state index in [4.69, 9.17) is 4.74 Å². The highest BCUT2D eigenvalue weighted by Gasteiger charge is 2.18. The molecule has 4 rings (SSSR count). The van der Waals surface area contributed by atoms with Crippen LogP contribution in [0.25, 0.3) is 22.5 Å². The first-order chi connectivity index (χ1) is 18.1. The molecule has 190 valence electrons. The Bertz CT molecular complexity index is 1370. The lowest BCUT2D eigenvalue weighted by Gasteiger charge is -2.19. The van der Waals surface area contributed by atoms with Crippen LogP contribution in [0.15, 0.2) is 72.8 Å². The minimum Gasteiger partial charge on any atom is -0.491 e. The second-order valence-electron chi connectivity index (χ2n) is 8.28. The van der Waals surface area contributed by atoms with Crippen LogP contribution in [-0.2, 0) is 6.42 Å². The van der Waals surface area contributed by atoms with Gasteiger partial charge in [-0.2, -0.15) is 5.21 Å². The lowest BCUT2D eigenvalue weighted by molar-refractivity contribution is 0.261. The van der Waals surface area contributed by atoms with Crippen LogP contribution in [-0.4, -0.2) is 33.3 Å². The number of allylic oxidation sites excluding steroid dienone is 2. The van der Waals surface area contributed by atoms with E-state index in [1.165, 1.54) is 12.1 Å². The van der Waals surface area contributed by atoms with Gasteiger partial charge >= 0.3 is 6.03 Å². The highest BCUT2D eigenvalue weighted by atomic mass is 19.1. The summed E-state index contributed by atoms with van der Waals surface area (Å²) in [6, 6.07) is 17.0. The van der Waals surface area contributed by atoms with Crippen molar-refractivity contribution in [3.63, 3.8) is 0 Å². The molecule has 0 unspecified atom stereocenters. The van der Waals surface area contributed by atoms with E-state index in [9.17, 15) is 9.18 Å². The quantitative estimate of drug-likeness (QED) is 0.212. The van der Waals surface area contributed by atoms with E-state index in [0.29, 0.717) is 30.3 Å². The molecule has 0 saturated carbocycles. The van der Waals surface area contributed by atoms with Gasteiger partial charge in [0.25, 0.3) is 0 Å². The first-order valence-electron chi connectivity index (χ1n) is 12.2. The van der Waals surface area contributed by atoms with E-state index in [0.717, 1.165) is 35.1 Å². The molecule has 4 aromatic rings. The van der Waals surface area contributed by atoms with Gasteiger partial charge < -0.3 is 15.4 Å². The maximum atomic E-state index is 14.1. The summed E-state index contributed by atoms with van der Waals surface area (Å²) in [6.07, 6.45) is 6.47. The number of carbonyl (C=O) groups is 1. The predicted octanol–water partition coefficient (Wildman–Crippen LogP) is 6.61. The Kier molecular flexibility index (Phi) is 8.59. The number of hydrogen-bond donors (Lipinski definition) is 3. The molecule has 3 N–H and O–H groups in total. The van der Waals surface area contributed by atoms with Crippen molar-refractivity contribution in [1.29, 1.82) is 0 Å². The van der Waals surface area contributed by atoms with Gasteiger partial charge in [0.15, 0.2) is 0 Å². The number of tetrazole rings is 1. The lowest BCUT2D eigenvalue weighted by atomic mass is 9.95. The van der Waals surface area contributed by atoms with Crippen LogP contribution in [0.3, 0.4) is 0 Å². The largest absolute Gasteiger partial charge is 0.491 e. The summed E-state index contributed by atoms with van der Waals surface area (Å²) in [5.41, 5.74) is 3.95.